The Morgan fingerprint density at radius 1 is 1.58 bits per heavy atom. The maximum atomic E-state index is 12.2. The molecular formula is C10H20N2O6S. The van der Waals surface area contributed by atoms with E-state index in [9.17, 15) is 13.2 Å². The van der Waals surface area contributed by atoms with Crippen LogP contribution in [0.3, 0.4) is 0 Å². The number of nitrogens with zero attached hydrogens (tertiary/aromatic N) is 2. The highest BCUT2D eigenvalue weighted by Gasteiger charge is 2.32. The van der Waals surface area contributed by atoms with E-state index in [1.54, 1.807) is 0 Å². The van der Waals surface area contributed by atoms with E-state index in [1.165, 1.54) is 18.5 Å². The molecule has 0 amide bonds. The lowest BCUT2D eigenvalue weighted by atomic mass is 10.3. The molecule has 1 saturated heterocycles. The second-order valence-electron chi connectivity index (χ2n) is 4.19. The van der Waals surface area contributed by atoms with Gasteiger partial charge >= 0.3 is 5.97 Å². The number of hydrogen-bond acceptors (Lipinski definition) is 6. The lowest BCUT2D eigenvalue weighted by Gasteiger charge is -2.33. The second-order valence-corrected chi connectivity index (χ2v) is 6.22. The molecule has 9 heteroatoms. The summed E-state index contributed by atoms with van der Waals surface area (Å²) in [5.74, 6) is -0.461. The van der Waals surface area contributed by atoms with Gasteiger partial charge in [-0.2, -0.15) is 17.0 Å². The van der Waals surface area contributed by atoms with Crippen molar-refractivity contribution in [1.82, 2.24) is 8.61 Å². The zero-order chi connectivity index (χ0) is 14.5. The summed E-state index contributed by atoms with van der Waals surface area (Å²) in [7, 11) is -0.982. The predicted molar refractivity (Wildman–Crippen MR) is 66.6 cm³/mol. The summed E-state index contributed by atoms with van der Waals surface area (Å²) in [5.41, 5.74) is 0. The number of aliphatic hydroxyl groups is 1. The van der Waals surface area contributed by atoms with Crippen molar-refractivity contribution in [2.24, 2.45) is 0 Å². The van der Waals surface area contributed by atoms with Gasteiger partial charge in [0.15, 0.2) is 0 Å². The van der Waals surface area contributed by atoms with Crippen LogP contribution >= 0.6 is 0 Å². The quantitative estimate of drug-likeness (QED) is 0.594. The fraction of sp³-hybridized carbons (Fsp3) is 0.900. The Hall–Kier alpha value is -0.740. The summed E-state index contributed by atoms with van der Waals surface area (Å²) < 4.78 is 36.4. The van der Waals surface area contributed by atoms with Crippen LogP contribution in [0.15, 0.2) is 0 Å². The third-order valence-electron chi connectivity index (χ3n) is 2.88. The summed E-state index contributed by atoms with van der Waals surface area (Å²) in [4.78, 5) is 11.0. The summed E-state index contributed by atoms with van der Waals surface area (Å²) in [5, 5.41) is 9.00. The van der Waals surface area contributed by atoms with Crippen molar-refractivity contribution in [1.29, 1.82) is 0 Å². The standard InChI is InChI=1S/C10H20N2O6S/c1-11(4-3-10(14)17-2)19(15,16)12-5-6-18-9(7-12)8-13/h9,13H,3-8H2,1-2H3. The maximum Gasteiger partial charge on any atom is 0.306 e. The number of ether oxygens (including phenoxy) is 2. The summed E-state index contributed by atoms with van der Waals surface area (Å²) in [6.07, 6.45) is -0.502. The van der Waals surface area contributed by atoms with Crippen LogP contribution in [0.4, 0.5) is 0 Å². The molecule has 0 saturated carbocycles. The van der Waals surface area contributed by atoms with E-state index < -0.39 is 22.3 Å². The Bertz CT molecular complexity index is 399. The van der Waals surface area contributed by atoms with Crippen LogP contribution in [0.1, 0.15) is 6.42 Å². The van der Waals surface area contributed by atoms with E-state index in [1.807, 2.05) is 0 Å². The smallest absolute Gasteiger partial charge is 0.306 e. The van der Waals surface area contributed by atoms with Gasteiger partial charge in [-0.05, 0) is 0 Å². The Labute approximate surface area is 113 Å². The Morgan fingerprint density at radius 2 is 2.26 bits per heavy atom. The van der Waals surface area contributed by atoms with Crippen molar-refractivity contribution in [2.45, 2.75) is 12.5 Å². The Morgan fingerprint density at radius 3 is 2.84 bits per heavy atom. The Kier molecular flexibility index (Phi) is 6.14. The van der Waals surface area contributed by atoms with Gasteiger partial charge in [-0.1, -0.05) is 0 Å². The van der Waals surface area contributed by atoms with Gasteiger partial charge in [-0.3, -0.25) is 4.79 Å². The fourth-order valence-corrected chi connectivity index (χ4v) is 3.05. The normalized spacial score (nSPS) is 21.6. The average molecular weight is 296 g/mol. The molecule has 0 aromatic carbocycles. The van der Waals surface area contributed by atoms with Crippen molar-refractivity contribution >= 4 is 16.2 Å². The molecule has 1 aliphatic rings. The van der Waals surface area contributed by atoms with Gasteiger partial charge in [-0.15, -0.1) is 0 Å². The monoisotopic (exact) mass is 296 g/mol. The van der Waals surface area contributed by atoms with Gasteiger partial charge in [0.2, 0.25) is 0 Å². The second kappa shape index (κ2) is 7.15. The van der Waals surface area contributed by atoms with Gasteiger partial charge in [0.05, 0.1) is 32.8 Å². The molecule has 112 valence electrons. The Balaban J connectivity index is 2.60. The highest BCUT2D eigenvalue weighted by Crippen LogP contribution is 2.13. The maximum absolute atomic E-state index is 12.2. The predicted octanol–water partition coefficient (Wildman–Crippen LogP) is -1.58. The fourth-order valence-electron chi connectivity index (χ4n) is 1.68. The molecule has 1 heterocycles. The largest absolute Gasteiger partial charge is 0.469 e. The molecular weight excluding hydrogens is 276 g/mol. The molecule has 0 aromatic rings. The van der Waals surface area contributed by atoms with Crippen molar-refractivity contribution in [3.05, 3.63) is 0 Å². The van der Waals surface area contributed by atoms with E-state index in [-0.39, 0.29) is 39.3 Å². The van der Waals surface area contributed by atoms with E-state index in [4.69, 9.17) is 9.84 Å². The molecule has 19 heavy (non-hydrogen) atoms. The van der Waals surface area contributed by atoms with Gasteiger partial charge in [0.1, 0.15) is 0 Å². The number of carbonyl (C=O) groups excluding carboxylic acids is 1. The van der Waals surface area contributed by atoms with E-state index in [0.29, 0.717) is 0 Å². The van der Waals surface area contributed by atoms with Gasteiger partial charge in [-0.25, -0.2) is 0 Å². The minimum absolute atomic E-state index is 0.00000142. The number of hydrogen-bond donors (Lipinski definition) is 1. The van der Waals surface area contributed by atoms with Crippen LogP contribution in [-0.2, 0) is 24.5 Å². The molecule has 1 fully saturated rings. The first-order valence-corrected chi connectivity index (χ1v) is 7.32. The first-order valence-electron chi connectivity index (χ1n) is 5.92. The minimum atomic E-state index is -3.64. The molecule has 1 N–H and O–H groups in total. The topological polar surface area (TPSA) is 96.4 Å². The third kappa shape index (κ3) is 4.39. The summed E-state index contributed by atoms with van der Waals surface area (Å²) in [6.45, 7) is 0.423. The summed E-state index contributed by atoms with van der Waals surface area (Å²) >= 11 is 0. The first-order chi connectivity index (χ1) is 8.91. The molecule has 8 nitrogen and oxygen atoms in total. The van der Waals surface area contributed by atoms with Gasteiger partial charge in [0.25, 0.3) is 10.2 Å². The molecule has 1 aliphatic heterocycles. The lowest BCUT2D eigenvalue weighted by Crippen LogP contribution is -2.51. The molecule has 0 radical (unpaired) electrons. The average Bonchev–Trinajstić information content (AvgIpc) is 2.44. The van der Waals surface area contributed by atoms with E-state index in [2.05, 4.69) is 4.74 Å². The van der Waals surface area contributed by atoms with E-state index >= 15 is 0 Å². The zero-order valence-corrected chi connectivity index (χ0v) is 11.9. The minimum Gasteiger partial charge on any atom is -0.469 e. The number of methoxy groups -OCH3 is 1. The third-order valence-corrected chi connectivity index (χ3v) is 4.84. The number of esters is 1. The molecule has 0 spiro atoms. The van der Waals surface area contributed by atoms with Crippen LogP contribution in [0.5, 0.6) is 0 Å². The van der Waals surface area contributed by atoms with Gasteiger partial charge < -0.3 is 14.6 Å². The number of morpholine rings is 1. The van der Waals surface area contributed by atoms with Crippen LogP contribution in [0.2, 0.25) is 0 Å². The SMILES string of the molecule is COC(=O)CCN(C)S(=O)(=O)N1CCOC(CO)C1. The first kappa shape index (κ1) is 16.3. The van der Waals surface area contributed by atoms with Crippen molar-refractivity contribution in [3.8, 4) is 0 Å². The molecule has 0 aromatic heterocycles. The summed E-state index contributed by atoms with van der Waals surface area (Å²) in [6, 6.07) is 0. The molecule has 1 unspecified atom stereocenters. The number of carbonyl (C=O) groups is 1. The number of aliphatic hydroxyl groups excluding tert-OH is 1. The zero-order valence-electron chi connectivity index (χ0n) is 11.1. The molecule has 1 rings (SSSR count). The lowest BCUT2D eigenvalue weighted by molar-refractivity contribution is -0.140. The van der Waals surface area contributed by atoms with Crippen molar-refractivity contribution in [3.63, 3.8) is 0 Å². The molecule has 1 atom stereocenters. The highest BCUT2D eigenvalue weighted by molar-refractivity contribution is 7.86. The van der Waals surface area contributed by atoms with Crippen LogP contribution in [0.25, 0.3) is 0 Å². The molecule has 0 bridgehead atoms. The van der Waals surface area contributed by atoms with Crippen molar-refractivity contribution < 1.29 is 27.8 Å². The highest BCUT2D eigenvalue weighted by atomic mass is 32.2. The van der Waals surface area contributed by atoms with Gasteiger partial charge in [0, 0.05) is 26.7 Å². The molecule has 0 aliphatic carbocycles. The van der Waals surface area contributed by atoms with Crippen LogP contribution in [-0.4, -0.2) is 81.2 Å². The van der Waals surface area contributed by atoms with E-state index in [0.717, 1.165) is 4.31 Å². The van der Waals surface area contributed by atoms with Crippen molar-refractivity contribution in [2.75, 3.05) is 47.0 Å². The van der Waals surface area contributed by atoms with Crippen LogP contribution < -0.4 is 0 Å². The number of rotatable bonds is 6. The van der Waals surface area contributed by atoms with Crippen LogP contribution in [0, 0.1) is 0 Å².